The third-order valence-electron chi connectivity index (χ3n) is 2.25. The van der Waals surface area contributed by atoms with Crippen LogP contribution < -0.4 is 9.47 Å². The minimum absolute atomic E-state index is 0.944. The molecule has 0 N–H and O–H groups in total. The molecule has 15 heavy (non-hydrogen) atoms. The normalized spacial score (nSPS) is 10.1. The number of hydrogen-bond acceptors (Lipinski definition) is 3. The molecule has 84 valence electrons. The first-order valence-corrected chi connectivity index (χ1v) is 6.13. The van der Waals surface area contributed by atoms with Crippen LogP contribution in [-0.4, -0.2) is 20.0 Å². The van der Waals surface area contributed by atoms with Gasteiger partial charge < -0.3 is 9.47 Å². The maximum atomic E-state index is 5.36. The van der Waals surface area contributed by atoms with Gasteiger partial charge in [0, 0.05) is 0 Å². The average Bonchev–Trinajstić information content (AvgIpc) is 2.28. The molecule has 1 rings (SSSR count). The van der Waals surface area contributed by atoms with Gasteiger partial charge in [0.2, 0.25) is 0 Å². The highest BCUT2D eigenvalue weighted by molar-refractivity contribution is 7.99. The Labute approximate surface area is 96.0 Å². The lowest BCUT2D eigenvalue weighted by Crippen LogP contribution is -1.94. The highest BCUT2D eigenvalue weighted by Gasteiger charge is 2.09. The van der Waals surface area contributed by atoms with Gasteiger partial charge in [-0.15, -0.1) is 11.8 Å². The average molecular weight is 226 g/mol. The molecule has 0 radical (unpaired) electrons. The van der Waals surface area contributed by atoms with Gasteiger partial charge >= 0.3 is 0 Å². The summed E-state index contributed by atoms with van der Waals surface area (Å²) in [5.74, 6) is 2.93. The molecule has 0 heterocycles. The van der Waals surface area contributed by atoms with E-state index in [0.29, 0.717) is 0 Å². The first-order valence-electron chi connectivity index (χ1n) is 5.14. The van der Waals surface area contributed by atoms with E-state index in [1.807, 2.05) is 0 Å². The Hall–Kier alpha value is -0.830. The Kier molecular flexibility index (Phi) is 4.82. The maximum absolute atomic E-state index is 5.36. The fraction of sp³-hybridized carbons (Fsp3) is 0.500. The van der Waals surface area contributed by atoms with Gasteiger partial charge in [-0.05, 0) is 29.9 Å². The number of methoxy groups -OCH3 is 2. The van der Waals surface area contributed by atoms with Crippen molar-refractivity contribution in [2.45, 2.75) is 25.2 Å². The summed E-state index contributed by atoms with van der Waals surface area (Å²) >= 11 is 1.77. The first-order chi connectivity index (χ1) is 7.26. The van der Waals surface area contributed by atoms with Crippen molar-refractivity contribution >= 4 is 11.8 Å². The molecule has 0 saturated heterocycles. The van der Waals surface area contributed by atoms with E-state index in [0.717, 1.165) is 28.6 Å². The predicted octanol–water partition coefficient (Wildman–Crippen LogP) is 3.38. The van der Waals surface area contributed by atoms with Crippen molar-refractivity contribution < 1.29 is 9.47 Å². The monoisotopic (exact) mass is 226 g/mol. The van der Waals surface area contributed by atoms with E-state index in [4.69, 9.17) is 9.47 Å². The first kappa shape index (κ1) is 12.2. The van der Waals surface area contributed by atoms with Gasteiger partial charge in [-0.1, -0.05) is 13.8 Å². The van der Waals surface area contributed by atoms with Crippen LogP contribution in [0.3, 0.4) is 0 Å². The second-order valence-electron chi connectivity index (χ2n) is 3.10. The molecule has 0 aliphatic heterocycles. The largest absolute Gasteiger partial charge is 0.496 e. The van der Waals surface area contributed by atoms with Crippen LogP contribution in [0, 0.1) is 0 Å². The van der Waals surface area contributed by atoms with E-state index in [2.05, 4.69) is 26.0 Å². The van der Waals surface area contributed by atoms with Crippen molar-refractivity contribution in [1.82, 2.24) is 0 Å². The number of thioether (sulfide) groups is 1. The van der Waals surface area contributed by atoms with E-state index >= 15 is 0 Å². The van der Waals surface area contributed by atoms with Crippen LogP contribution in [0.4, 0.5) is 0 Å². The lowest BCUT2D eigenvalue weighted by atomic mass is 10.1. The summed E-state index contributed by atoms with van der Waals surface area (Å²) in [7, 11) is 3.42. The number of hydrogen-bond donors (Lipinski definition) is 0. The second kappa shape index (κ2) is 5.91. The van der Waals surface area contributed by atoms with Crippen LogP contribution in [0.2, 0.25) is 0 Å². The van der Waals surface area contributed by atoms with Crippen LogP contribution in [0.15, 0.2) is 17.0 Å². The van der Waals surface area contributed by atoms with Gasteiger partial charge in [0.25, 0.3) is 0 Å². The fourth-order valence-electron chi connectivity index (χ4n) is 1.48. The maximum Gasteiger partial charge on any atom is 0.132 e. The van der Waals surface area contributed by atoms with Crippen molar-refractivity contribution in [3.8, 4) is 11.5 Å². The second-order valence-corrected chi connectivity index (χ2v) is 4.41. The number of rotatable bonds is 5. The molecule has 0 aliphatic carbocycles. The minimum atomic E-state index is 0.944. The zero-order valence-corrected chi connectivity index (χ0v) is 10.6. The molecule has 0 unspecified atom stereocenters. The quantitative estimate of drug-likeness (QED) is 0.717. The third-order valence-corrected chi connectivity index (χ3v) is 3.17. The summed E-state index contributed by atoms with van der Waals surface area (Å²) in [4.78, 5) is 1.15. The Bertz CT molecular complexity index is 324. The molecule has 3 heteroatoms. The number of aryl methyl sites for hydroxylation is 1. The van der Waals surface area contributed by atoms with Crippen molar-refractivity contribution in [3.05, 3.63) is 17.7 Å². The summed E-state index contributed by atoms with van der Waals surface area (Å²) in [5.41, 5.74) is 1.19. The molecule has 0 spiro atoms. The SMILES string of the molecule is CCSc1cc(OC)c(CC)cc1OC. The standard InChI is InChI=1S/C12H18O2S/c1-5-9-7-11(14-4)12(15-6-2)8-10(9)13-3/h7-8H,5-6H2,1-4H3. The minimum Gasteiger partial charge on any atom is -0.496 e. The molecule has 0 saturated carbocycles. The molecule has 0 aliphatic rings. The summed E-state index contributed by atoms with van der Waals surface area (Å²) in [6.07, 6.45) is 0.955. The molecule has 2 nitrogen and oxygen atoms in total. The summed E-state index contributed by atoms with van der Waals surface area (Å²) < 4.78 is 10.7. The summed E-state index contributed by atoms with van der Waals surface area (Å²) in [6, 6.07) is 4.13. The fourth-order valence-corrected chi connectivity index (χ4v) is 2.26. The van der Waals surface area contributed by atoms with E-state index in [9.17, 15) is 0 Å². The van der Waals surface area contributed by atoms with Crippen LogP contribution in [0.1, 0.15) is 19.4 Å². The van der Waals surface area contributed by atoms with E-state index in [-0.39, 0.29) is 0 Å². The van der Waals surface area contributed by atoms with Crippen LogP contribution >= 0.6 is 11.8 Å². The lowest BCUT2D eigenvalue weighted by Gasteiger charge is -2.13. The molecule has 0 atom stereocenters. The van der Waals surface area contributed by atoms with Crippen LogP contribution in [0.25, 0.3) is 0 Å². The molecular formula is C12H18O2S. The Balaban J connectivity index is 3.15. The molecule has 0 amide bonds. The number of ether oxygens (including phenoxy) is 2. The van der Waals surface area contributed by atoms with Gasteiger partial charge in [0.1, 0.15) is 11.5 Å². The molecule has 1 aromatic rings. The van der Waals surface area contributed by atoms with E-state index in [1.165, 1.54) is 5.56 Å². The highest BCUT2D eigenvalue weighted by Crippen LogP contribution is 2.35. The van der Waals surface area contributed by atoms with Gasteiger partial charge in [-0.3, -0.25) is 0 Å². The van der Waals surface area contributed by atoms with Crippen molar-refractivity contribution in [3.63, 3.8) is 0 Å². The van der Waals surface area contributed by atoms with E-state index < -0.39 is 0 Å². The lowest BCUT2D eigenvalue weighted by molar-refractivity contribution is 0.391. The van der Waals surface area contributed by atoms with Crippen LogP contribution in [-0.2, 0) is 6.42 Å². The van der Waals surface area contributed by atoms with Gasteiger partial charge in [-0.2, -0.15) is 0 Å². The van der Waals surface area contributed by atoms with Gasteiger partial charge in [-0.25, -0.2) is 0 Å². The Morgan fingerprint density at radius 3 is 2.20 bits per heavy atom. The van der Waals surface area contributed by atoms with Crippen LogP contribution in [0.5, 0.6) is 11.5 Å². The van der Waals surface area contributed by atoms with Crippen molar-refractivity contribution in [1.29, 1.82) is 0 Å². The number of benzene rings is 1. The van der Waals surface area contributed by atoms with Crippen molar-refractivity contribution in [2.24, 2.45) is 0 Å². The van der Waals surface area contributed by atoms with Gasteiger partial charge in [0.15, 0.2) is 0 Å². The molecule has 0 aromatic heterocycles. The zero-order chi connectivity index (χ0) is 11.3. The van der Waals surface area contributed by atoms with Gasteiger partial charge in [0.05, 0.1) is 19.1 Å². The predicted molar refractivity (Wildman–Crippen MR) is 65.3 cm³/mol. The van der Waals surface area contributed by atoms with E-state index in [1.54, 1.807) is 26.0 Å². The molecular weight excluding hydrogens is 208 g/mol. The smallest absolute Gasteiger partial charge is 0.132 e. The molecule has 0 fully saturated rings. The summed E-state index contributed by atoms with van der Waals surface area (Å²) in [5, 5.41) is 0. The molecule has 0 bridgehead atoms. The topological polar surface area (TPSA) is 18.5 Å². The third kappa shape index (κ3) is 2.81. The van der Waals surface area contributed by atoms with Crippen molar-refractivity contribution in [2.75, 3.05) is 20.0 Å². The molecule has 1 aromatic carbocycles. The Morgan fingerprint density at radius 2 is 1.73 bits per heavy atom. The summed E-state index contributed by atoms with van der Waals surface area (Å²) in [6.45, 7) is 4.24. The zero-order valence-electron chi connectivity index (χ0n) is 9.79. The Morgan fingerprint density at radius 1 is 1.07 bits per heavy atom. The highest BCUT2D eigenvalue weighted by atomic mass is 32.2.